The minimum absolute atomic E-state index is 0.0163. The number of fused-ring (bicyclic) bond motifs is 2. The van der Waals surface area contributed by atoms with Gasteiger partial charge in [-0.1, -0.05) is 11.6 Å². The van der Waals surface area contributed by atoms with E-state index in [1.54, 1.807) is 17.0 Å². The molecule has 0 saturated carbocycles. The Balaban J connectivity index is 1.31. The van der Waals surface area contributed by atoms with Gasteiger partial charge in [-0.25, -0.2) is 0 Å². The molecule has 4 rings (SSSR count). The summed E-state index contributed by atoms with van der Waals surface area (Å²) in [5, 5.41) is 7.21. The molecule has 2 amide bonds. The van der Waals surface area contributed by atoms with Gasteiger partial charge < -0.3 is 15.5 Å². The molecule has 25 heavy (non-hydrogen) atoms. The summed E-state index contributed by atoms with van der Waals surface area (Å²) in [5.41, 5.74) is 0.834. The fourth-order valence-electron chi connectivity index (χ4n) is 4.55. The minimum Gasteiger partial charge on any atom is -0.344 e. The van der Waals surface area contributed by atoms with Crippen LogP contribution in [0.15, 0.2) is 24.3 Å². The van der Waals surface area contributed by atoms with Gasteiger partial charge in [0.15, 0.2) is 0 Å². The van der Waals surface area contributed by atoms with Gasteiger partial charge in [-0.05, 0) is 62.3 Å². The number of carbonyl (C=O) groups excluding carboxylic acids is 2. The summed E-state index contributed by atoms with van der Waals surface area (Å²) in [6.45, 7) is 0.628. The van der Waals surface area contributed by atoms with Crippen LogP contribution in [0.4, 0.5) is 5.69 Å². The second-order valence-corrected chi connectivity index (χ2v) is 7.99. The third-order valence-electron chi connectivity index (χ3n) is 5.72. The quantitative estimate of drug-likeness (QED) is 0.866. The van der Waals surface area contributed by atoms with Gasteiger partial charge in [0, 0.05) is 35.8 Å². The molecule has 2 bridgehead atoms. The number of hydrogen-bond acceptors (Lipinski definition) is 3. The number of nitrogens with one attached hydrogen (secondary N) is 2. The fourth-order valence-corrected chi connectivity index (χ4v) is 4.67. The highest BCUT2D eigenvalue weighted by Crippen LogP contribution is 2.32. The highest BCUT2D eigenvalue weighted by molar-refractivity contribution is 6.30. The topological polar surface area (TPSA) is 61.4 Å². The summed E-state index contributed by atoms with van der Waals surface area (Å²) in [4.78, 5) is 26.7. The first kappa shape index (κ1) is 16.9. The van der Waals surface area contributed by atoms with E-state index in [1.165, 1.54) is 12.8 Å². The monoisotopic (exact) mass is 361 g/mol. The Morgan fingerprint density at radius 2 is 1.84 bits per heavy atom. The standard InChI is InChI=1S/C19H24ClN3O2/c20-13-1-5-16(6-2-13)23-8-7-17(19(23)25)22-18(24)11-12-9-14-3-4-15(10-12)21-14/h1-2,5-6,12,14-15,17,21H,3-4,7-11H2,(H,22,24). The molecule has 3 aliphatic heterocycles. The van der Waals surface area contributed by atoms with Crippen molar-refractivity contribution in [2.24, 2.45) is 5.92 Å². The van der Waals surface area contributed by atoms with Crippen LogP contribution >= 0.6 is 11.6 Å². The van der Waals surface area contributed by atoms with Crippen LogP contribution in [-0.2, 0) is 9.59 Å². The van der Waals surface area contributed by atoms with E-state index in [2.05, 4.69) is 10.6 Å². The van der Waals surface area contributed by atoms with Crippen molar-refractivity contribution in [2.45, 2.75) is 56.7 Å². The normalized spacial score (nSPS) is 31.4. The van der Waals surface area contributed by atoms with Crippen LogP contribution in [0, 0.1) is 5.92 Å². The highest BCUT2D eigenvalue weighted by atomic mass is 35.5. The van der Waals surface area contributed by atoms with E-state index in [1.807, 2.05) is 12.1 Å². The Hall–Kier alpha value is -1.59. The molecule has 6 heteroatoms. The predicted molar refractivity (Wildman–Crippen MR) is 97.6 cm³/mol. The number of nitrogens with zero attached hydrogens (tertiary/aromatic N) is 1. The number of carbonyl (C=O) groups is 2. The predicted octanol–water partition coefficient (Wildman–Crippen LogP) is 2.48. The van der Waals surface area contributed by atoms with Crippen LogP contribution in [0.25, 0.3) is 0 Å². The van der Waals surface area contributed by atoms with Crippen molar-refractivity contribution in [1.82, 2.24) is 10.6 Å². The van der Waals surface area contributed by atoms with Gasteiger partial charge in [-0.3, -0.25) is 9.59 Å². The summed E-state index contributed by atoms with van der Waals surface area (Å²) in [7, 11) is 0. The van der Waals surface area contributed by atoms with E-state index in [4.69, 9.17) is 11.6 Å². The van der Waals surface area contributed by atoms with Crippen molar-refractivity contribution in [3.8, 4) is 0 Å². The highest BCUT2D eigenvalue weighted by Gasteiger charge is 2.36. The Kier molecular flexibility index (Phi) is 4.69. The Morgan fingerprint density at radius 1 is 1.16 bits per heavy atom. The van der Waals surface area contributed by atoms with Crippen LogP contribution in [0.2, 0.25) is 5.02 Å². The minimum atomic E-state index is -0.401. The Bertz CT molecular complexity index is 651. The molecule has 134 valence electrons. The summed E-state index contributed by atoms with van der Waals surface area (Å²) in [5.74, 6) is 0.436. The number of benzene rings is 1. The van der Waals surface area contributed by atoms with Gasteiger partial charge in [0.05, 0.1) is 0 Å². The molecule has 0 aromatic heterocycles. The molecule has 3 heterocycles. The van der Waals surface area contributed by atoms with Crippen molar-refractivity contribution < 1.29 is 9.59 Å². The van der Waals surface area contributed by atoms with E-state index >= 15 is 0 Å². The van der Waals surface area contributed by atoms with Gasteiger partial charge in [-0.2, -0.15) is 0 Å². The zero-order valence-electron chi connectivity index (χ0n) is 14.2. The molecule has 3 unspecified atom stereocenters. The summed E-state index contributed by atoms with van der Waals surface area (Å²) >= 11 is 5.90. The molecular formula is C19H24ClN3O2. The number of amides is 2. The average molecular weight is 362 g/mol. The lowest BCUT2D eigenvalue weighted by Gasteiger charge is -2.28. The third kappa shape index (κ3) is 3.67. The second kappa shape index (κ2) is 6.96. The molecule has 3 aliphatic rings. The third-order valence-corrected chi connectivity index (χ3v) is 5.98. The van der Waals surface area contributed by atoms with Crippen LogP contribution in [0.3, 0.4) is 0 Å². The van der Waals surface area contributed by atoms with E-state index in [9.17, 15) is 9.59 Å². The van der Waals surface area contributed by atoms with Gasteiger partial charge in [0.2, 0.25) is 11.8 Å². The molecule has 3 saturated heterocycles. The first-order valence-corrected chi connectivity index (χ1v) is 9.58. The van der Waals surface area contributed by atoms with Crippen LogP contribution in [0.5, 0.6) is 0 Å². The number of anilines is 1. The molecule has 0 spiro atoms. The maximum atomic E-state index is 12.6. The first-order chi connectivity index (χ1) is 12.1. The number of hydrogen-bond donors (Lipinski definition) is 2. The molecule has 2 N–H and O–H groups in total. The van der Waals surface area contributed by atoms with Crippen molar-refractivity contribution in [2.75, 3.05) is 11.4 Å². The first-order valence-electron chi connectivity index (χ1n) is 9.21. The van der Waals surface area contributed by atoms with E-state index in [0.717, 1.165) is 18.5 Å². The van der Waals surface area contributed by atoms with E-state index < -0.39 is 6.04 Å². The van der Waals surface area contributed by atoms with Crippen molar-refractivity contribution >= 4 is 29.1 Å². The lowest BCUT2D eigenvalue weighted by Crippen LogP contribution is -2.44. The van der Waals surface area contributed by atoms with Crippen molar-refractivity contribution in [1.29, 1.82) is 0 Å². The van der Waals surface area contributed by atoms with E-state index in [-0.39, 0.29) is 11.8 Å². The van der Waals surface area contributed by atoms with Gasteiger partial charge >= 0.3 is 0 Å². The van der Waals surface area contributed by atoms with Crippen LogP contribution in [0.1, 0.15) is 38.5 Å². The smallest absolute Gasteiger partial charge is 0.249 e. The molecule has 0 aliphatic carbocycles. The zero-order valence-corrected chi connectivity index (χ0v) is 15.0. The maximum Gasteiger partial charge on any atom is 0.249 e. The van der Waals surface area contributed by atoms with Gasteiger partial charge in [0.1, 0.15) is 6.04 Å². The number of piperidine rings is 1. The number of halogens is 1. The molecule has 3 atom stereocenters. The zero-order chi connectivity index (χ0) is 17.4. The Labute approximate surface area is 153 Å². The molecular weight excluding hydrogens is 338 g/mol. The largest absolute Gasteiger partial charge is 0.344 e. The second-order valence-electron chi connectivity index (χ2n) is 7.55. The summed E-state index contributed by atoms with van der Waals surface area (Å²) in [6.07, 6.45) is 5.84. The fraction of sp³-hybridized carbons (Fsp3) is 0.579. The lowest BCUT2D eigenvalue weighted by atomic mass is 9.89. The molecule has 1 aromatic carbocycles. The average Bonchev–Trinajstić information content (AvgIpc) is 3.11. The molecule has 5 nitrogen and oxygen atoms in total. The van der Waals surface area contributed by atoms with Crippen LogP contribution in [-0.4, -0.2) is 36.5 Å². The number of rotatable bonds is 4. The van der Waals surface area contributed by atoms with Crippen molar-refractivity contribution in [3.63, 3.8) is 0 Å². The maximum absolute atomic E-state index is 12.6. The molecule has 1 aromatic rings. The van der Waals surface area contributed by atoms with Gasteiger partial charge in [-0.15, -0.1) is 0 Å². The van der Waals surface area contributed by atoms with Gasteiger partial charge in [0.25, 0.3) is 0 Å². The molecule has 3 fully saturated rings. The SMILES string of the molecule is O=C(CC1CC2CCC(C1)N2)NC1CCN(c2ccc(Cl)cc2)C1=O. The molecule has 0 radical (unpaired) electrons. The summed E-state index contributed by atoms with van der Waals surface area (Å²) < 4.78 is 0. The lowest BCUT2D eigenvalue weighted by molar-refractivity contribution is -0.127. The van der Waals surface area contributed by atoms with Crippen LogP contribution < -0.4 is 15.5 Å². The van der Waals surface area contributed by atoms with Crippen molar-refractivity contribution in [3.05, 3.63) is 29.3 Å². The van der Waals surface area contributed by atoms with E-state index in [0.29, 0.717) is 42.4 Å². The Morgan fingerprint density at radius 3 is 2.52 bits per heavy atom. The summed E-state index contributed by atoms with van der Waals surface area (Å²) in [6, 6.07) is 8.02.